The zero-order valence-electron chi connectivity index (χ0n) is 16.5. The largest absolute Gasteiger partial charge is 0.414 e. The van der Waals surface area contributed by atoms with E-state index in [4.69, 9.17) is 9.84 Å². The SMILES string of the molecule is O=C(NCCO)Oc1nc2nc(Nc3ccc(F)cc3)ncc2cc1-c1ccccc1Br. The van der Waals surface area contributed by atoms with Crippen LogP contribution in [0.1, 0.15) is 0 Å². The van der Waals surface area contributed by atoms with Gasteiger partial charge < -0.3 is 20.5 Å². The first kappa shape index (κ1) is 21.6. The smallest absolute Gasteiger partial charge is 0.395 e. The monoisotopic (exact) mass is 497 g/mol. The zero-order chi connectivity index (χ0) is 22.5. The van der Waals surface area contributed by atoms with Gasteiger partial charge in [0.05, 0.1) is 6.61 Å². The molecule has 3 N–H and O–H groups in total. The van der Waals surface area contributed by atoms with E-state index in [1.807, 2.05) is 24.3 Å². The molecule has 0 radical (unpaired) electrons. The van der Waals surface area contributed by atoms with Gasteiger partial charge in [-0.1, -0.05) is 34.1 Å². The van der Waals surface area contributed by atoms with Gasteiger partial charge in [-0.2, -0.15) is 9.97 Å². The van der Waals surface area contributed by atoms with Gasteiger partial charge in [-0.05, 0) is 36.4 Å². The molecule has 1 amide bonds. The van der Waals surface area contributed by atoms with E-state index in [9.17, 15) is 9.18 Å². The molecule has 0 saturated heterocycles. The summed E-state index contributed by atoms with van der Waals surface area (Å²) in [6.07, 6.45) is 0.842. The van der Waals surface area contributed by atoms with Gasteiger partial charge in [0.2, 0.25) is 11.8 Å². The molecule has 0 aliphatic carbocycles. The first-order valence-electron chi connectivity index (χ1n) is 9.55. The Morgan fingerprint density at radius 3 is 2.62 bits per heavy atom. The first-order chi connectivity index (χ1) is 15.5. The van der Waals surface area contributed by atoms with Crippen LogP contribution in [-0.2, 0) is 0 Å². The first-order valence-corrected chi connectivity index (χ1v) is 10.3. The third-order valence-corrected chi connectivity index (χ3v) is 5.06. The lowest BCUT2D eigenvalue weighted by Crippen LogP contribution is -2.29. The lowest BCUT2D eigenvalue weighted by molar-refractivity contribution is 0.194. The van der Waals surface area contributed by atoms with Crippen LogP contribution in [-0.4, -0.2) is 39.3 Å². The predicted molar refractivity (Wildman–Crippen MR) is 121 cm³/mol. The number of nitrogens with one attached hydrogen (secondary N) is 2. The van der Waals surface area contributed by atoms with Gasteiger partial charge in [-0.25, -0.2) is 14.2 Å². The third kappa shape index (κ3) is 4.98. The number of carbonyl (C=O) groups excluding carboxylic acids is 1. The Morgan fingerprint density at radius 1 is 1.09 bits per heavy atom. The van der Waals surface area contributed by atoms with Gasteiger partial charge in [0.1, 0.15) is 5.82 Å². The minimum atomic E-state index is -0.752. The molecule has 0 aliphatic rings. The van der Waals surface area contributed by atoms with Crippen LogP contribution in [0.3, 0.4) is 0 Å². The lowest BCUT2D eigenvalue weighted by Gasteiger charge is -2.13. The van der Waals surface area contributed by atoms with Crippen molar-refractivity contribution in [3.8, 4) is 17.0 Å². The van der Waals surface area contributed by atoms with Crippen molar-refractivity contribution in [2.24, 2.45) is 0 Å². The summed E-state index contributed by atoms with van der Waals surface area (Å²) in [7, 11) is 0. The van der Waals surface area contributed by atoms with Gasteiger partial charge >= 0.3 is 6.09 Å². The molecule has 4 aromatic rings. The minimum Gasteiger partial charge on any atom is -0.395 e. The van der Waals surface area contributed by atoms with Gasteiger partial charge in [0.25, 0.3) is 0 Å². The molecule has 10 heteroatoms. The second-order valence-electron chi connectivity index (χ2n) is 6.60. The highest BCUT2D eigenvalue weighted by molar-refractivity contribution is 9.10. The highest BCUT2D eigenvalue weighted by Gasteiger charge is 2.17. The minimum absolute atomic E-state index is 0.0463. The van der Waals surface area contributed by atoms with E-state index >= 15 is 0 Å². The van der Waals surface area contributed by atoms with Crippen molar-refractivity contribution in [3.63, 3.8) is 0 Å². The average molecular weight is 498 g/mol. The van der Waals surface area contributed by atoms with E-state index in [2.05, 4.69) is 41.5 Å². The molecule has 0 aliphatic heterocycles. The topological polar surface area (TPSA) is 109 Å². The Labute approximate surface area is 190 Å². The van der Waals surface area contributed by atoms with E-state index in [1.54, 1.807) is 24.4 Å². The molecule has 2 aromatic carbocycles. The molecule has 0 fully saturated rings. The molecular weight excluding hydrogens is 481 g/mol. The van der Waals surface area contributed by atoms with Crippen molar-refractivity contribution in [3.05, 3.63) is 71.1 Å². The molecule has 162 valence electrons. The summed E-state index contributed by atoms with van der Waals surface area (Å²) in [6.45, 7) is -0.173. The maximum atomic E-state index is 13.1. The number of hydrogen-bond acceptors (Lipinski definition) is 7. The standard InChI is InChI=1S/C22H17BrFN5O3/c23-18-4-2-1-3-16(18)17-11-13-12-26-21(27-15-7-5-14(24)6-8-15)29-19(13)28-20(17)32-22(31)25-9-10-30/h1-8,11-12,30H,9-10H2,(H,25,31)(H,26,27,28,29). The van der Waals surface area contributed by atoms with Crippen LogP contribution < -0.4 is 15.4 Å². The number of hydrogen-bond donors (Lipinski definition) is 3. The van der Waals surface area contributed by atoms with E-state index in [1.165, 1.54) is 12.1 Å². The Morgan fingerprint density at radius 2 is 1.88 bits per heavy atom. The number of anilines is 2. The van der Waals surface area contributed by atoms with Crippen molar-refractivity contribution < 1.29 is 19.0 Å². The molecule has 0 atom stereocenters. The van der Waals surface area contributed by atoms with Crippen LogP contribution >= 0.6 is 15.9 Å². The summed E-state index contributed by atoms with van der Waals surface area (Å²) in [4.78, 5) is 25.3. The van der Waals surface area contributed by atoms with Crippen molar-refractivity contribution in [2.45, 2.75) is 0 Å². The summed E-state index contributed by atoms with van der Waals surface area (Å²) < 4.78 is 19.3. The summed E-state index contributed by atoms with van der Waals surface area (Å²) in [6, 6.07) is 15.0. The number of aliphatic hydroxyl groups excluding tert-OH is 1. The van der Waals surface area contributed by atoms with Gasteiger partial charge in [-0.3, -0.25) is 0 Å². The molecule has 8 nitrogen and oxygen atoms in total. The molecule has 2 heterocycles. The van der Waals surface area contributed by atoms with Crippen molar-refractivity contribution in [1.29, 1.82) is 0 Å². The zero-order valence-corrected chi connectivity index (χ0v) is 18.1. The summed E-state index contributed by atoms with van der Waals surface area (Å²) in [5.74, 6) is -0.0512. The molecular formula is C22H17BrFN5O3. The number of aromatic nitrogens is 3. The Bertz CT molecular complexity index is 1270. The molecule has 32 heavy (non-hydrogen) atoms. The van der Waals surface area contributed by atoms with Crippen LogP contribution in [0.15, 0.2) is 65.3 Å². The molecule has 0 unspecified atom stereocenters. The molecule has 2 aromatic heterocycles. The second-order valence-corrected chi connectivity index (χ2v) is 7.45. The Hall–Kier alpha value is -3.63. The van der Waals surface area contributed by atoms with Crippen molar-refractivity contribution in [1.82, 2.24) is 20.3 Å². The van der Waals surface area contributed by atoms with Crippen LogP contribution in [0.4, 0.5) is 20.8 Å². The predicted octanol–water partition coefficient (Wildman–Crippen LogP) is 4.42. The number of benzene rings is 2. The lowest BCUT2D eigenvalue weighted by atomic mass is 10.1. The van der Waals surface area contributed by atoms with Crippen LogP contribution in [0, 0.1) is 5.82 Å². The number of ether oxygens (including phenoxy) is 1. The number of pyridine rings is 1. The van der Waals surface area contributed by atoms with Crippen LogP contribution in [0.2, 0.25) is 0 Å². The van der Waals surface area contributed by atoms with E-state index in [-0.39, 0.29) is 30.8 Å². The van der Waals surface area contributed by atoms with E-state index in [0.717, 1.165) is 10.0 Å². The Balaban J connectivity index is 1.74. The highest BCUT2D eigenvalue weighted by Crippen LogP contribution is 2.36. The summed E-state index contributed by atoms with van der Waals surface area (Å²) >= 11 is 3.51. The van der Waals surface area contributed by atoms with Crippen LogP contribution in [0.25, 0.3) is 22.2 Å². The summed E-state index contributed by atoms with van der Waals surface area (Å²) in [5.41, 5.74) is 2.23. The Kier molecular flexibility index (Phi) is 6.52. The number of rotatable bonds is 6. The van der Waals surface area contributed by atoms with Gasteiger partial charge in [0.15, 0.2) is 5.65 Å². The molecule has 0 saturated carbocycles. The van der Waals surface area contributed by atoms with Gasteiger partial charge in [0, 0.05) is 39.4 Å². The van der Waals surface area contributed by atoms with Crippen molar-refractivity contribution in [2.75, 3.05) is 18.5 Å². The third-order valence-electron chi connectivity index (χ3n) is 4.37. The average Bonchev–Trinajstić information content (AvgIpc) is 2.79. The summed E-state index contributed by atoms with van der Waals surface area (Å²) in [5, 5.41) is 15.0. The fourth-order valence-corrected chi connectivity index (χ4v) is 3.40. The fraction of sp³-hybridized carbons (Fsp3) is 0.0909. The fourth-order valence-electron chi connectivity index (χ4n) is 2.90. The maximum Gasteiger partial charge on any atom is 0.414 e. The highest BCUT2D eigenvalue weighted by atomic mass is 79.9. The van der Waals surface area contributed by atoms with E-state index in [0.29, 0.717) is 22.3 Å². The quantitative estimate of drug-likeness (QED) is 0.361. The number of halogens is 2. The maximum absolute atomic E-state index is 13.1. The number of nitrogens with zero attached hydrogens (tertiary/aromatic N) is 3. The van der Waals surface area contributed by atoms with Crippen molar-refractivity contribution >= 4 is 44.7 Å². The second kappa shape index (κ2) is 9.67. The molecule has 0 spiro atoms. The number of aliphatic hydroxyl groups is 1. The molecule has 0 bridgehead atoms. The molecule has 4 rings (SSSR count). The van der Waals surface area contributed by atoms with Crippen LogP contribution in [0.5, 0.6) is 5.88 Å². The number of fused-ring (bicyclic) bond motifs is 1. The normalized spacial score (nSPS) is 10.7. The van der Waals surface area contributed by atoms with E-state index < -0.39 is 6.09 Å². The van der Waals surface area contributed by atoms with Gasteiger partial charge in [-0.15, -0.1) is 0 Å². The number of amides is 1. The number of carbonyl (C=O) groups is 1.